The molecule has 0 fully saturated rings. The fraction of sp³-hybridized carbons (Fsp3) is 0.364. The van der Waals surface area contributed by atoms with Gasteiger partial charge in [-0.3, -0.25) is 4.79 Å². The van der Waals surface area contributed by atoms with E-state index in [9.17, 15) is 4.79 Å². The molecule has 0 aliphatic rings. The van der Waals surface area contributed by atoms with Crippen LogP contribution in [0.2, 0.25) is 0 Å². The first-order valence-corrected chi connectivity index (χ1v) is 9.16. The van der Waals surface area contributed by atoms with E-state index in [1.807, 2.05) is 36.4 Å². The molecule has 0 aliphatic carbocycles. The standard InChI is InChI=1S/C22H26N2O3/c1-17(2)11-13-26-14-12-24-22(25)16-27-21-9-7-20(8-10-21)19-5-3-18(15-23)4-6-19/h3-10,17H,11-14,16H2,1-2H3,(H,24,25). The lowest BCUT2D eigenvalue weighted by Crippen LogP contribution is -2.31. The van der Waals surface area contributed by atoms with Gasteiger partial charge < -0.3 is 14.8 Å². The molecule has 0 aliphatic heterocycles. The van der Waals surface area contributed by atoms with Gasteiger partial charge in [0.15, 0.2) is 6.61 Å². The van der Waals surface area contributed by atoms with Crippen LogP contribution in [0.25, 0.3) is 11.1 Å². The van der Waals surface area contributed by atoms with Gasteiger partial charge in [-0.25, -0.2) is 0 Å². The SMILES string of the molecule is CC(C)CCOCCNC(=O)COc1ccc(-c2ccc(C#N)cc2)cc1. The number of hydrogen-bond donors (Lipinski definition) is 1. The molecule has 0 radical (unpaired) electrons. The molecule has 2 aromatic rings. The zero-order valence-electron chi connectivity index (χ0n) is 15.9. The van der Waals surface area contributed by atoms with Crippen molar-refractivity contribution in [2.24, 2.45) is 5.92 Å². The van der Waals surface area contributed by atoms with Crippen LogP contribution in [0.3, 0.4) is 0 Å². The van der Waals surface area contributed by atoms with Crippen LogP contribution < -0.4 is 10.1 Å². The number of nitrogens with one attached hydrogen (secondary N) is 1. The number of hydrogen-bond acceptors (Lipinski definition) is 4. The van der Waals surface area contributed by atoms with Crippen LogP contribution in [-0.4, -0.2) is 32.3 Å². The third kappa shape index (κ3) is 7.51. The molecule has 1 amide bonds. The van der Waals surface area contributed by atoms with Crippen molar-refractivity contribution in [1.82, 2.24) is 5.32 Å². The van der Waals surface area contributed by atoms with Crippen LogP contribution >= 0.6 is 0 Å². The maximum Gasteiger partial charge on any atom is 0.258 e. The van der Waals surface area contributed by atoms with Gasteiger partial charge >= 0.3 is 0 Å². The molecule has 0 heterocycles. The molecule has 5 nitrogen and oxygen atoms in total. The quantitative estimate of drug-likeness (QED) is 0.650. The molecule has 1 N–H and O–H groups in total. The summed E-state index contributed by atoms with van der Waals surface area (Å²) >= 11 is 0. The molecule has 0 saturated carbocycles. The summed E-state index contributed by atoms with van der Waals surface area (Å²) in [7, 11) is 0. The van der Waals surface area contributed by atoms with Crippen molar-refractivity contribution in [2.75, 3.05) is 26.4 Å². The van der Waals surface area contributed by atoms with E-state index in [1.54, 1.807) is 12.1 Å². The average Bonchev–Trinajstić information content (AvgIpc) is 2.69. The predicted molar refractivity (Wildman–Crippen MR) is 105 cm³/mol. The summed E-state index contributed by atoms with van der Waals surface area (Å²) < 4.78 is 11.0. The second-order valence-corrected chi connectivity index (χ2v) is 6.65. The molecule has 142 valence electrons. The third-order valence-electron chi connectivity index (χ3n) is 3.98. The van der Waals surface area contributed by atoms with Crippen LogP contribution in [0.15, 0.2) is 48.5 Å². The Hall–Kier alpha value is -2.84. The van der Waals surface area contributed by atoms with Crippen molar-refractivity contribution in [3.05, 3.63) is 54.1 Å². The van der Waals surface area contributed by atoms with Crippen LogP contribution in [0.5, 0.6) is 5.75 Å². The van der Waals surface area contributed by atoms with Crippen molar-refractivity contribution in [3.63, 3.8) is 0 Å². The molecule has 0 saturated heterocycles. The Morgan fingerprint density at radius 1 is 1.04 bits per heavy atom. The number of rotatable bonds is 10. The minimum Gasteiger partial charge on any atom is -0.484 e. The summed E-state index contributed by atoms with van der Waals surface area (Å²) in [5.41, 5.74) is 2.68. The van der Waals surface area contributed by atoms with Crippen LogP contribution in [0, 0.1) is 17.2 Å². The van der Waals surface area contributed by atoms with Crippen molar-refractivity contribution in [2.45, 2.75) is 20.3 Å². The smallest absolute Gasteiger partial charge is 0.258 e. The van der Waals surface area contributed by atoms with E-state index in [-0.39, 0.29) is 12.5 Å². The third-order valence-corrected chi connectivity index (χ3v) is 3.98. The lowest BCUT2D eigenvalue weighted by molar-refractivity contribution is -0.123. The van der Waals surface area contributed by atoms with E-state index in [4.69, 9.17) is 14.7 Å². The first-order valence-electron chi connectivity index (χ1n) is 9.16. The fourth-order valence-corrected chi connectivity index (χ4v) is 2.36. The Morgan fingerprint density at radius 3 is 2.26 bits per heavy atom. The highest BCUT2D eigenvalue weighted by Crippen LogP contribution is 2.22. The van der Waals surface area contributed by atoms with Crippen molar-refractivity contribution < 1.29 is 14.3 Å². The summed E-state index contributed by atoms with van der Waals surface area (Å²) in [6.45, 7) is 5.99. The number of nitriles is 1. The van der Waals surface area contributed by atoms with E-state index in [0.29, 0.717) is 30.4 Å². The summed E-state index contributed by atoms with van der Waals surface area (Å²) in [4.78, 5) is 11.8. The lowest BCUT2D eigenvalue weighted by atomic mass is 10.0. The van der Waals surface area contributed by atoms with Gasteiger partial charge in [0.25, 0.3) is 5.91 Å². The van der Waals surface area contributed by atoms with E-state index in [0.717, 1.165) is 24.2 Å². The van der Waals surface area contributed by atoms with E-state index in [2.05, 4.69) is 25.2 Å². The van der Waals surface area contributed by atoms with E-state index < -0.39 is 0 Å². The maximum atomic E-state index is 11.8. The lowest BCUT2D eigenvalue weighted by Gasteiger charge is -2.09. The Kier molecular flexibility index (Phi) is 8.34. The van der Waals surface area contributed by atoms with Gasteiger partial charge in [0.1, 0.15) is 5.75 Å². The highest BCUT2D eigenvalue weighted by atomic mass is 16.5. The predicted octanol–water partition coefficient (Wildman–Crippen LogP) is 3.78. The first kappa shape index (κ1) is 20.5. The van der Waals surface area contributed by atoms with E-state index >= 15 is 0 Å². The normalized spacial score (nSPS) is 10.4. The van der Waals surface area contributed by atoms with Gasteiger partial charge in [-0.05, 0) is 47.7 Å². The van der Waals surface area contributed by atoms with Gasteiger partial charge in [0.05, 0.1) is 18.2 Å². The Balaban J connectivity index is 1.70. The van der Waals surface area contributed by atoms with Crippen LogP contribution in [0.1, 0.15) is 25.8 Å². The van der Waals surface area contributed by atoms with Crippen molar-refractivity contribution >= 4 is 5.91 Å². The molecule has 0 unspecified atom stereocenters. The Labute approximate surface area is 160 Å². The zero-order chi connectivity index (χ0) is 19.5. The maximum absolute atomic E-state index is 11.8. The largest absolute Gasteiger partial charge is 0.484 e. The summed E-state index contributed by atoms with van der Waals surface area (Å²) in [6, 6.07) is 17.0. The monoisotopic (exact) mass is 366 g/mol. The number of amides is 1. The Morgan fingerprint density at radius 2 is 1.67 bits per heavy atom. The number of carbonyl (C=O) groups excluding carboxylic acids is 1. The number of benzene rings is 2. The van der Waals surface area contributed by atoms with Crippen molar-refractivity contribution in [3.8, 4) is 22.9 Å². The van der Waals surface area contributed by atoms with Gasteiger partial charge in [-0.15, -0.1) is 0 Å². The fourth-order valence-electron chi connectivity index (χ4n) is 2.36. The molecular formula is C22H26N2O3. The number of ether oxygens (including phenoxy) is 2. The molecule has 5 heteroatoms. The molecule has 0 bridgehead atoms. The Bertz CT molecular complexity index is 747. The molecular weight excluding hydrogens is 340 g/mol. The zero-order valence-corrected chi connectivity index (χ0v) is 15.9. The first-order chi connectivity index (χ1) is 13.1. The summed E-state index contributed by atoms with van der Waals surface area (Å²) in [5.74, 6) is 1.09. The van der Waals surface area contributed by atoms with Crippen LogP contribution in [-0.2, 0) is 9.53 Å². The van der Waals surface area contributed by atoms with Crippen LogP contribution in [0.4, 0.5) is 0 Å². The highest BCUT2D eigenvalue weighted by Gasteiger charge is 2.04. The van der Waals surface area contributed by atoms with Gasteiger partial charge in [-0.1, -0.05) is 38.1 Å². The second-order valence-electron chi connectivity index (χ2n) is 6.65. The molecule has 0 spiro atoms. The molecule has 2 rings (SSSR count). The molecule has 27 heavy (non-hydrogen) atoms. The topological polar surface area (TPSA) is 71.3 Å². The molecule has 0 aromatic heterocycles. The minimum atomic E-state index is -0.168. The summed E-state index contributed by atoms with van der Waals surface area (Å²) in [6.07, 6.45) is 1.02. The van der Waals surface area contributed by atoms with E-state index in [1.165, 1.54) is 0 Å². The number of nitrogens with zero attached hydrogens (tertiary/aromatic N) is 1. The number of carbonyl (C=O) groups is 1. The minimum absolute atomic E-state index is 0.0256. The van der Waals surface area contributed by atoms with Gasteiger partial charge in [0.2, 0.25) is 0 Å². The molecule has 2 aromatic carbocycles. The van der Waals surface area contributed by atoms with Gasteiger partial charge in [0, 0.05) is 13.2 Å². The summed E-state index contributed by atoms with van der Waals surface area (Å²) in [5, 5.41) is 11.6. The van der Waals surface area contributed by atoms with Crippen molar-refractivity contribution in [1.29, 1.82) is 5.26 Å². The highest BCUT2D eigenvalue weighted by molar-refractivity contribution is 5.77. The van der Waals surface area contributed by atoms with Gasteiger partial charge in [-0.2, -0.15) is 5.26 Å². The molecule has 0 atom stereocenters. The second kappa shape index (κ2) is 11.0. The average molecular weight is 366 g/mol.